The molecule has 10 rings (SSSR count). The third kappa shape index (κ3) is 14.4. The molecule has 0 aliphatic heterocycles. The number of hydrogen-bond acceptors (Lipinski definition) is 14. The van der Waals surface area contributed by atoms with Crippen LogP contribution in [0.5, 0.6) is 57.5 Å². The van der Waals surface area contributed by atoms with E-state index >= 15 is 0 Å². The van der Waals surface area contributed by atoms with E-state index in [0.29, 0.717) is 57.5 Å². The Hall–Kier alpha value is -10.9. The van der Waals surface area contributed by atoms with Gasteiger partial charge in [-0.3, -0.25) is 0 Å². The fourth-order valence-corrected chi connectivity index (χ4v) is 8.58. The third-order valence-corrected chi connectivity index (χ3v) is 12.7. The number of benzene rings is 10. The minimum Gasteiger partial charge on any atom is -0.458 e. The summed E-state index contributed by atoms with van der Waals surface area (Å²) in [5, 5.41) is 4.06. The van der Waals surface area contributed by atoms with Gasteiger partial charge >= 0.3 is 11.9 Å². The molecule has 0 radical (unpaired) electrons. The van der Waals surface area contributed by atoms with Crippen molar-refractivity contribution in [3.8, 4) is 90.9 Å². The minimum absolute atomic E-state index is 0.00277. The average molecular weight is 1100 g/mol. The van der Waals surface area contributed by atoms with Gasteiger partial charge in [-0.15, -0.1) is 0 Å². The van der Waals surface area contributed by atoms with E-state index in [4.69, 9.17) is 56.8 Å². The van der Waals surface area contributed by atoms with Crippen molar-refractivity contribution in [1.29, 1.82) is 0 Å². The zero-order valence-corrected chi connectivity index (χ0v) is 44.3. The summed E-state index contributed by atoms with van der Waals surface area (Å²) in [7, 11) is 0. The van der Waals surface area contributed by atoms with Gasteiger partial charge in [-0.1, -0.05) is 122 Å². The molecule has 0 saturated heterocycles. The second-order valence-electron chi connectivity index (χ2n) is 17.8. The molecule has 14 nitrogen and oxygen atoms in total. The lowest BCUT2D eigenvalue weighted by molar-refractivity contribution is -0.145. The van der Waals surface area contributed by atoms with Gasteiger partial charge in [0.25, 0.3) is 0 Å². The van der Waals surface area contributed by atoms with Crippen LogP contribution >= 0.6 is 0 Å². The summed E-state index contributed by atoms with van der Waals surface area (Å²) in [6.45, 7) is 6.18. The lowest BCUT2D eigenvalue weighted by Crippen LogP contribution is -2.08. The molecule has 14 heteroatoms. The molecule has 0 spiro atoms. The summed E-state index contributed by atoms with van der Waals surface area (Å²) in [6, 6.07) is 69.3. The van der Waals surface area contributed by atoms with Gasteiger partial charge in [-0.2, -0.15) is 0 Å². The van der Waals surface area contributed by atoms with Crippen molar-refractivity contribution in [2.75, 3.05) is 40.8 Å². The summed E-state index contributed by atoms with van der Waals surface area (Å²) < 4.78 is 69.0. The van der Waals surface area contributed by atoms with Crippen molar-refractivity contribution in [3.05, 3.63) is 244 Å². The Morgan fingerprint density at radius 1 is 0.280 bits per heavy atom. The lowest BCUT2D eigenvalue weighted by atomic mass is 9.92. The fourth-order valence-electron chi connectivity index (χ4n) is 8.58. The summed E-state index contributed by atoms with van der Waals surface area (Å²) in [4.78, 5) is 22.4. The predicted octanol–water partition coefficient (Wildman–Crippen LogP) is 14.8. The number of rotatable bonds is 27. The van der Waals surface area contributed by atoms with Crippen molar-refractivity contribution in [2.45, 2.75) is 0 Å². The van der Waals surface area contributed by atoms with Gasteiger partial charge in [0.15, 0.2) is 0 Å². The van der Waals surface area contributed by atoms with E-state index in [1.807, 2.05) is 146 Å². The SMILES string of the molecule is C=CC(=O)OCOc1ccc(OCOc2ccc(-c3ccc(OCOc4ccc5ccccc5c4-c4c(OCOc5ccc(-c6ccc(OCOc7ccc(OCOC(=O)C=C)cc7)cc6)cc5)ccc5ccccc45)cc3)cc2)cc1. The molecule has 0 aromatic heterocycles. The fraction of sp³-hybridized carbons (Fsp3) is 0.0882. The molecule has 0 bridgehead atoms. The van der Waals surface area contributed by atoms with Crippen LogP contribution in [0.1, 0.15) is 0 Å². The molecule has 0 saturated carbocycles. The highest BCUT2D eigenvalue weighted by atomic mass is 16.7. The first-order valence-electron chi connectivity index (χ1n) is 25.9. The molecule has 10 aromatic rings. The molecule has 0 aliphatic carbocycles. The van der Waals surface area contributed by atoms with Gasteiger partial charge in [-0.25, -0.2) is 9.59 Å². The average Bonchev–Trinajstić information content (AvgIpc) is 3.41. The first-order chi connectivity index (χ1) is 40.3. The molecule has 0 atom stereocenters. The maximum Gasteiger partial charge on any atom is 0.333 e. The van der Waals surface area contributed by atoms with E-state index in [1.54, 1.807) is 48.5 Å². The summed E-state index contributed by atoms with van der Waals surface area (Å²) in [5.41, 5.74) is 5.73. The van der Waals surface area contributed by atoms with E-state index in [9.17, 15) is 9.59 Å². The first kappa shape index (κ1) is 54.5. The van der Waals surface area contributed by atoms with Gasteiger partial charge in [0.2, 0.25) is 40.8 Å². The standard InChI is InChI=1S/C68H54O14/c1-3-65(69)81-45-77-59-35-31-57(32-36-59)73-41-71-53-23-13-47(14-24-53)49-17-27-55(28-18-49)75-43-79-63-39-21-51-9-5-7-11-61(51)67(63)68-62-12-8-6-10-52(62)22-40-64(68)80-44-76-56-29-19-50(20-30-56)48-15-25-54(26-16-48)72-42-74-58-33-37-60(38-34-58)78-46-82-66(70)4-2/h3-40H,1-2,41-46H2. The van der Waals surface area contributed by atoms with Crippen molar-refractivity contribution >= 4 is 33.5 Å². The molecule has 10 aromatic carbocycles. The second kappa shape index (κ2) is 27.1. The van der Waals surface area contributed by atoms with Gasteiger partial charge in [0, 0.05) is 23.3 Å². The maximum atomic E-state index is 11.2. The Balaban J connectivity index is 0.731. The van der Waals surface area contributed by atoms with Crippen LogP contribution in [-0.2, 0) is 19.1 Å². The van der Waals surface area contributed by atoms with Gasteiger partial charge in [0.05, 0.1) is 0 Å². The zero-order valence-electron chi connectivity index (χ0n) is 44.3. The first-order valence-corrected chi connectivity index (χ1v) is 25.9. The van der Waals surface area contributed by atoms with Crippen LogP contribution < -0.4 is 47.4 Å². The monoisotopic (exact) mass is 1090 g/mol. The maximum absolute atomic E-state index is 11.2. The highest BCUT2D eigenvalue weighted by molar-refractivity contribution is 6.09. The van der Waals surface area contributed by atoms with E-state index in [0.717, 1.165) is 67.1 Å². The number of hydrogen-bond donors (Lipinski definition) is 0. The minimum atomic E-state index is -0.561. The Labute approximate surface area is 473 Å². The third-order valence-electron chi connectivity index (χ3n) is 12.7. The number of carbonyl (C=O) groups is 2. The molecule has 0 amide bonds. The molecular weight excluding hydrogens is 1040 g/mol. The molecule has 0 aliphatic rings. The van der Waals surface area contributed by atoms with Crippen LogP contribution in [0.4, 0.5) is 0 Å². The summed E-state index contributed by atoms with van der Waals surface area (Å²) in [5.74, 6) is 4.93. The van der Waals surface area contributed by atoms with Crippen LogP contribution in [0, 0.1) is 0 Å². The van der Waals surface area contributed by atoms with Gasteiger partial charge in [0.1, 0.15) is 57.5 Å². The van der Waals surface area contributed by atoms with E-state index in [2.05, 4.69) is 37.4 Å². The van der Waals surface area contributed by atoms with Crippen molar-refractivity contribution < 1.29 is 66.4 Å². The van der Waals surface area contributed by atoms with Gasteiger partial charge in [-0.05, 0) is 153 Å². The molecule has 410 valence electrons. The molecular formula is C68H54O14. The molecule has 0 unspecified atom stereocenters. The zero-order chi connectivity index (χ0) is 56.3. The molecule has 82 heavy (non-hydrogen) atoms. The van der Waals surface area contributed by atoms with Crippen molar-refractivity contribution in [2.24, 2.45) is 0 Å². The van der Waals surface area contributed by atoms with Crippen LogP contribution in [0.2, 0.25) is 0 Å². The quantitative estimate of drug-likeness (QED) is 0.0273. The van der Waals surface area contributed by atoms with E-state index in [1.165, 1.54) is 0 Å². The smallest absolute Gasteiger partial charge is 0.333 e. The van der Waals surface area contributed by atoms with Crippen LogP contribution in [-0.4, -0.2) is 52.7 Å². The van der Waals surface area contributed by atoms with Crippen LogP contribution in [0.15, 0.2) is 244 Å². The van der Waals surface area contributed by atoms with Crippen LogP contribution in [0.3, 0.4) is 0 Å². The number of carbonyl (C=O) groups excluding carboxylic acids is 2. The largest absolute Gasteiger partial charge is 0.458 e. The molecule has 0 N–H and O–H groups in total. The van der Waals surface area contributed by atoms with Gasteiger partial charge < -0.3 is 56.8 Å². The van der Waals surface area contributed by atoms with E-state index < -0.39 is 11.9 Å². The van der Waals surface area contributed by atoms with Crippen molar-refractivity contribution in [3.63, 3.8) is 0 Å². The number of esters is 2. The molecule has 0 fully saturated rings. The second-order valence-corrected chi connectivity index (χ2v) is 17.8. The summed E-state index contributed by atoms with van der Waals surface area (Å²) >= 11 is 0. The summed E-state index contributed by atoms with van der Waals surface area (Å²) in [6.07, 6.45) is 2.14. The normalized spacial score (nSPS) is 10.7. The van der Waals surface area contributed by atoms with Crippen LogP contribution in [0.25, 0.3) is 54.9 Å². The highest BCUT2D eigenvalue weighted by Crippen LogP contribution is 2.46. The number of fused-ring (bicyclic) bond motifs is 2. The number of ether oxygens (including phenoxy) is 12. The predicted molar refractivity (Wildman–Crippen MR) is 312 cm³/mol. The lowest BCUT2D eigenvalue weighted by Gasteiger charge is -2.20. The Bertz CT molecular complexity index is 3500. The van der Waals surface area contributed by atoms with Crippen molar-refractivity contribution in [1.82, 2.24) is 0 Å². The molecule has 0 heterocycles. The Kier molecular flexibility index (Phi) is 18.0. The highest BCUT2D eigenvalue weighted by Gasteiger charge is 2.20. The Morgan fingerprint density at radius 2 is 0.524 bits per heavy atom. The van der Waals surface area contributed by atoms with E-state index in [-0.39, 0.29) is 40.8 Å². The Morgan fingerprint density at radius 3 is 0.805 bits per heavy atom. The topological polar surface area (TPSA) is 145 Å².